The molecule has 118 valence electrons. The number of nitrogens with zero attached hydrogens (tertiary/aromatic N) is 1. The number of carbonyl (C=O) groups is 1. The van der Waals surface area contributed by atoms with Gasteiger partial charge in [-0.2, -0.15) is 4.31 Å². The number of anilines is 1. The fourth-order valence-electron chi connectivity index (χ4n) is 2.06. The van der Waals surface area contributed by atoms with Crippen LogP contribution in [0.15, 0.2) is 24.3 Å². The number of carbonyl (C=O) groups excluding carboxylic acids is 1. The van der Waals surface area contributed by atoms with Crippen molar-refractivity contribution >= 4 is 21.6 Å². The van der Waals surface area contributed by atoms with Crippen LogP contribution in [0.1, 0.15) is 32.8 Å². The van der Waals surface area contributed by atoms with Crippen LogP contribution in [0.4, 0.5) is 5.69 Å². The van der Waals surface area contributed by atoms with Crippen LogP contribution in [0.3, 0.4) is 0 Å². The molecule has 1 aromatic rings. The minimum absolute atomic E-state index is 0.123. The van der Waals surface area contributed by atoms with E-state index in [0.29, 0.717) is 5.69 Å². The molecule has 0 heterocycles. The molecule has 0 radical (unpaired) electrons. The summed E-state index contributed by atoms with van der Waals surface area (Å²) in [6.45, 7) is 7.57. The SMILES string of the molecule is Cc1ccc(NC(=O)CCN(C(C)(C)C)S(C)(=O)=O)cc1. The predicted octanol–water partition coefficient (Wildman–Crippen LogP) is 2.38. The van der Waals surface area contributed by atoms with Crippen molar-refractivity contribution < 1.29 is 13.2 Å². The van der Waals surface area contributed by atoms with Crippen LogP contribution in [0.25, 0.3) is 0 Å². The Hall–Kier alpha value is -1.40. The molecule has 1 N–H and O–H groups in total. The van der Waals surface area contributed by atoms with Gasteiger partial charge >= 0.3 is 0 Å². The van der Waals surface area contributed by atoms with Crippen LogP contribution in [0.2, 0.25) is 0 Å². The predicted molar refractivity (Wildman–Crippen MR) is 85.7 cm³/mol. The van der Waals surface area contributed by atoms with Gasteiger partial charge < -0.3 is 5.32 Å². The van der Waals surface area contributed by atoms with Gasteiger partial charge in [-0.25, -0.2) is 8.42 Å². The van der Waals surface area contributed by atoms with E-state index in [1.807, 2.05) is 52.0 Å². The highest BCUT2D eigenvalue weighted by Crippen LogP contribution is 2.18. The van der Waals surface area contributed by atoms with E-state index in [2.05, 4.69) is 5.32 Å². The van der Waals surface area contributed by atoms with Gasteiger partial charge in [-0.1, -0.05) is 17.7 Å². The van der Waals surface area contributed by atoms with Gasteiger partial charge in [-0.15, -0.1) is 0 Å². The zero-order chi connectivity index (χ0) is 16.3. The van der Waals surface area contributed by atoms with Crippen molar-refractivity contribution in [2.75, 3.05) is 18.1 Å². The third-order valence-corrected chi connectivity index (χ3v) is 4.56. The largest absolute Gasteiger partial charge is 0.326 e. The van der Waals surface area contributed by atoms with Gasteiger partial charge in [0.05, 0.1) is 6.26 Å². The number of rotatable bonds is 5. The average molecular weight is 312 g/mol. The van der Waals surface area contributed by atoms with Gasteiger partial charge in [0.2, 0.25) is 15.9 Å². The summed E-state index contributed by atoms with van der Waals surface area (Å²) in [7, 11) is -3.34. The van der Waals surface area contributed by atoms with Crippen molar-refractivity contribution in [3.8, 4) is 0 Å². The topological polar surface area (TPSA) is 66.5 Å². The highest BCUT2D eigenvalue weighted by molar-refractivity contribution is 7.88. The van der Waals surface area contributed by atoms with Crippen LogP contribution < -0.4 is 5.32 Å². The molecule has 0 aliphatic rings. The third kappa shape index (κ3) is 5.85. The first-order chi connectivity index (χ1) is 9.50. The summed E-state index contributed by atoms with van der Waals surface area (Å²) in [5, 5.41) is 2.77. The van der Waals surface area contributed by atoms with E-state index in [4.69, 9.17) is 0 Å². The summed E-state index contributed by atoms with van der Waals surface area (Å²) in [6, 6.07) is 7.47. The Bertz CT molecular complexity index is 586. The Labute approximate surface area is 127 Å². The van der Waals surface area contributed by atoms with Crippen LogP contribution in [-0.2, 0) is 14.8 Å². The van der Waals surface area contributed by atoms with Crippen molar-refractivity contribution in [2.24, 2.45) is 0 Å². The summed E-state index contributed by atoms with van der Waals surface area (Å²) in [5.41, 5.74) is 1.29. The number of benzene rings is 1. The van der Waals surface area contributed by atoms with Crippen LogP contribution in [-0.4, -0.2) is 37.0 Å². The minimum atomic E-state index is -3.34. The second-order valence-corrected chi connectivity index (χ2v) is 8.08. The lowest BCUT2D eigenvalue weighted by atomic mass is 10.1. The molecule has 21 heavy (non-hydrogen) atoms. The van der Waals surface area contributed by atoms with Crippen LogP contribution >= 0.6 is 0 Å². The number of hydrogen-bond acceptors (Lipinski definition) is 3. The van der Waals surface area contributed by atoms with Crippen molar-refractivity contribution in [3.05, 3.63) is 29.8 Å². The smallest absolute Gasteiger partial charge is 0.225 e. The quantitative estimate of drug-likeness (QED) is 0.908. The molecule has 1 aromatic carbocycles. The van der Waals surface area contributed by atoms with E-state index >= 15 is 0 Å². The molecule has 0 atom stereocenters. The molecular formula is C15H24N2O3S. The average Bonchev–Trinajstić information content (AvgIpc) is 2.28. The van der Waals surface area contributed by atoms with Gasteiger partial charge in [0.15, 0.2) is 0 Å². The van der Waals surface area contributed by atoms with Gasteiger partial charge in [0.25, 0.3) is 0 Å². The molecule has 0 unspecified atom stereocenters. The van der Waals surface area contributed by atoms with E-state index in [0.717, 1.165) is 11.8 Å². The van der Waals surface area contributed by atoms with Gasteiger partial charge in [-0.3, -0.25) is 4.79 Å². The fraction of sp³-hybridized carbons (Fsp3) is 0.533. The molecule has 0 saturated carbocycles. The van der Waals surface area contributed by atoms with Crippen molar-refractivity contribution in [2.45, 2.75) is 39.7 Å². The third-order valence-electron chi connectivity index (χ3n) is 3.03. The minimum Gasteiger partial charge on any atom is -0.326 e. The summed E-state index contributed by atoms with van der Waals surface area (Å²) in [4.78, 5) is 11.9. The number of nitrogens with one attached hydrogen (secondary N) is 1. The second kappa shape index (κ2) is 6.58. The van der Waals surface area contributed by atoms with Crippen molar-refractivity contribution in [1.29, 1.82) is 0 Å². The molecular weight excluding hydrogens is 288 g/mol. The molecule has 6 heteroatoms. The summed E-state index contributed by atoms with van der Waals surface area (Å²) in [6.07, 6.45) is 1.29. The summed E-state index contributed by atoms with van der Waals surface area (Å²) < 4.78 is 24.9. The number of aryl methyl sites for hydroxylation is 1. The molecule has 0 aromatic heterocycles. The van der Waals surface area contributed by atoms with Gasteiger partial charge in [-0.05, 0) is 39.8 Å². The standard InChI is InChI=1S/C15H24N2O3S/c1-12-6-8-13(9-7-12)16-14(18)10-11-17(15(2,3)4)21(5,19)20/h6-9H,10-11H2,1-5H3,(H,16,18). The van der Waals surface area contributed by atoms with E-state index < -0.39 is 15.6 Å². The van der Waals surface area contributed by atoms with Crippen molar-refractivity contribution in [1.82, 2.24) is 4.31 Å². The molecule has 0 saturated heterocycles. The molecule has 0 spiro atoms. The molecule has 5 nitrogen and oxygen atoms in total. The van der Waals surface area contributed by atoms with Crippen molar-refractivity contribution in [3.63, 3.8) is 0 Å². The lowest BCUT2D eigenvalue weighted by Crippen LogP contribution is -2.46. The zero-order valence-electron chi connectivity index (χ0n) is 13.3. The first-order valence-corrected chi connectivity index (χ1v) is 8.69. The summed E-state index contributed by atoms with van der Waals surface area (Å²) >= 11 is 0. The Morgan fingerprint density at radius 2 is 1.71 bits per heavy atom. The number of amides is 1. The molecule has 0 bridgehead atoms. The number of sulfonamides is 1. The van der Waals surface area contributed by atoms with Gasteiger partial charge in [0.1, 0.15) is 0 Å². The molecule has 0 fully saturated rings. The lowest BCUT2D eigenvalue weighted by molar-refractivity contribution is -0.116. The molecule has 0 aliphatic carbocycles. The molecule has 1 amide bonds. The Balaban J connectivity index is 2.64. The molecule has 1 rings (SSSR count). The maximum Gasteiger partial charge on any atom is 0.225 e. The van der Waals surface area contributed by atoms with E-state index in [9.17, 15) is 13.2 Å². The van der Waals surface area contributed by atoms with Crippen LogP contribution in [0, 0.1) is 6.92 Å². The van der Waals surface area contributed by atoms with E-state index in [1.54, 1.807) is 0 Å². The maximum atomic E-state index is 11.9. The fourth-order valence-corrected chi connectivity index (χ4v) is 3.48. The summed E-state index contributed by atoms with van der Waals surface area (Å²) in [5.74, 6) is -0.197. The normalized spacial score (nSPS) is 12.5. The first kappa shape index (κ1) is 17.7. The maximum absolute atomic E-state index is 11.9. The zero-order valence-corrected chi connectivity index (χ0v) is 14.1. The van der Waals surface area contributed by atoms with Crippen LogP contribution in [0.5, 0.6) is 0 Å². The van der Waals surface area contributed by atoms with E-state index in [-0.39, 0.29) is 18.9 Å². The molecule has 0 aliphatic heterocycles. The Kier molecular flexibility index (Phi) is 5.53. The highest BCUT2D eigenvalue weighted by atomic mass is 32.2. The highest BCUT2D eigenvalue weighted by Gasteiger charge is 2.29. The number of hydrogen-bond donors (Lipinski definition) is 1. The monoisotopic (exact) mass is 312 g/mol. The lowest BCUT2D eigenvalue weighted by Gasteiger charge is -2.33. The Morgan fingerprint density at radius 1 is 1.19 bits per heavy atom. The van der Waals surface area contributed by atoms with E-state index in [1.165, 1.54) is 4.31 Å². The Morgan fingerprint density at radius 3 is 2.14 bits per heavy atom. The second-order valence-electron chi connectivity index (χ2n) is 6.17. The van der Waals surface area contributed by atoms with Gasteiger partial charge in [0, 0.05) is 24.2 Å². The first-order valence-electron chi connectivity index (χ1n) is 6.84.